The molecule has 4 rings (SSSR count). The predicted octanol–water partition coefficient (Wildman–Crippen LogP) is 5.19. The first-order valence-corrected chi connectivity index (χ1v) is 9.53. The van der Waals surface area contributed by atoms with Gasteiger partial charge in [-0.3, -0.25) is 0 Å². The maximum Gasteiger partial charge on any atom is 0.162 e. The highest BCUT2D eigenvalue weighted by molar-refractivity contribution is 6.45. The van der Waals surface area contributed by atoms with Crippen LogP contribution < -0.4 is 15.2 Å². The Bertz CT molecular complexity index is 953. The van der Waals surface area contributed by atoms with Gasteiger partial charge in [0.2, 0.25) is 0 Å². The maximum atomic E-state index is 6.45. The number of aromatic nitrogens is 1. The van der Waals surface area contributed by atoms with E-state index in [4.69, 9.17) is 38.4 Å². The van der Waals surface area contributed by atoms with Gasteiger partial charge in [0, 0.05) is 16.6 Å². The van der Waals surface area contributed by atoms with E-state index in [0.717, 1.165) is 52.9 Å². The van der Waals surface area contributed by atoms with Crippen molar-refractivity contribution in [2.75, 3.05) is 19.8 Å². The average Bonchev–Trinajstić information content (AvgIpc) is 3.04. The van der Waals surface area contributed by atoms with E-state index in [-0.39, 0.29) is 0 Å². The number of benzene rings is 2. The SMILES string of the molecule is NCCCCc1c(-c2ccc3c(c2)OCCO3)[nH]c2c(Cl)c(Cl)ccc12. The summed E-state index contributed by atoms with van der Waals surface area (Å²) in [6, 6.07) is 9.88. The lowest BCUT2D eigenvalue weighted by molar-refractivity contribution is 0.171. The highest BCUT2D eigenvalue weighted by Crippen LogP contribution is 2.40. The molecular weight excluding hydrogens is 371 g/mol. The first-order chi connectivity index (χ1) is 12.7. The van der Waals surface area contributed by atoms with Crippen molar-refractivity contribution >= 4 is 34.1 Å². The third kappa shape index (κ3) is 3.13. The van der Waals surface area contributed by atoms with E-state index in [1.807, 2.05) is 30.3 Å². The largest absolute Gasteiger partial charge is 0.486 e. The number of hydrogen-bond acceptors (Lipinski definition) is 3. The molecule has 4 nitrogen and oxygen atoms in total. The van der Waals surface area contributed by atoms with Crippen molar-refractivity contribution < 1.29 is 9.47 Å². The lowest BCUT2D eigenvalue weighted by atomic mass is 10.00. The van der Waals surface area contributed by atoms with Gasteiger partial charge >= 0.3 is 0 Å². The fourth-order valence-corrected chi connectivity index (χ4v) is 3.78. The summed E-state index contributed by atoms with van der Waals surface area (Å²) in [5.41, 5.74) is 9.85. The maximum absolute atomic E-state index is 6.45. The highest BCUT2D eigenvalue weighted by Gasteiger charge is 2.19. The van der Waals surface area contributed by atoms with Gasteiger partial charge in [0.1, 0.15) is 13.2 Å². The minimum atomic E-state index is 0.544. The molecule has 26 heavy (non-hydrogen) atoms. The average molecular weight is 391 g/mol. The molecule has 6 heteroatoms. The fraction of sp³-hybridized carbons (Fsp3) is 0.300. The number of aryl methyl sites for hydroxylation is 1. The summed E-state index contributed by atoms with van der Waals surface area (Å²) in [7, 11) is 0. The Morgan fingerprint density at radius 2 is 1.81 bits per heavy atom. The lowest BCUT2D eigenvalue weighted by Crippen LogP contribution is -2.15. The summed E-state index contributed by atoms with van der Waals surface area (Å²) in [6.45, 7) is 1.83. The molecule has 2 heterocycles. The Morgan fingerprint density at radius 3 is 2.62 bits per heavy atom. The van der Waals surface area contributed by atoms with Gasteiger partial charge in [0.05, 0.1) is 15.6 Å². The van der Waals surface area contributed by atoms with E-state index in [0.29, 0.717) is 29.8 Å². The number of rotatable bonds is 5. The van der Waals surface area contributed by atoms with Crippen molar-refractivity contribution in [1.29, 1.82) is 0 Å². The van der Waals surface area contributed by atoms with Crippen LogP contribution >= 0.6 is 23.2 Å². The van der Waals surface area contributed by atoms with Gasteiger partial charge in [-0.1, -0.05) is 29.3 Å². The summed E-state index contributed by atoms with van der Waals surface area (Å²) in [5, 5.41) is 2.19. The van der Waals surface area contributed by atoms with Crippen LogP contribution in [0.4, 0.5) is 0 Å². The zero-order chi connectivity index (χ0) is 18.1. The molecule has 0 saturated carbocycles. The predicted molar refractivity (Wildman–Crippen MR) is 107 cm³/mol. The topological polar surface area (TPSA) is 60.3 Å². The van der Waals surface area contributed by atoms with Crippen LogP contribution in [-0.4, -0.2) is 24.7 Å². The molecule has 0 saturated heterocycles. The van der Waals surface area contributed by atoms with E-state index >= 15 is 0 Å². The highest BCUT2D eigenvalue weighted by atomic mass is 35.5. The molecule has 0 spiro atoms. The van der Waals surface area contributed by atoms with Crippen molar-refractivity contribution in [3.05, 3.63) is 45.9 Å². The third-order valence-corrected chi connectivity index (χ3v) is 5.49. The van der Waals surface area contributed by atoms with Gasteiger partial charge in [-0.2, -0.15) is 0 Å². The molecule has 136 valence electrons. The van der Waals surface area contributed by atoms with Crippen LogP contribution in [0.5, 0.6) is 11.5 Å². The first kappa shape index (κ1) is 17.5. The van der Waals surface area contributed by atoms with E-state index < -0.39 is 0 Å². The van der Waals surface area contributed by atoms with Crippen molar-refractivity contribution in [3.63, 3.8) is 0 Å². The number of aromatic amines is 1. The van der Waals surface area contributed by atoms with Gasteiger partial charge in [-0.25, -0.2) is 0 Å². The van der Waals surface area contributed by atoms with Gasteiger partial charge in [0.15, 0.2) is 11.5 Å². The van der Waals surface area contributed by atoms with Crippen LogP contribution in [0.1, 0.15) is 18.4 Å². The number of nitrogens with two attached hydrogens (primary N) is 1. The van der Waals surface area contributed by atoms with Gasteiger partial charge < -0.3 is 20.2 Å². The second-order valence-electron chi connectivity index (χ2n) is 6.37. The number of unbranched alkanes of at least 4 members (excludes halogenated alkanes) is 1. The molecule has 1 aliphatic heterocycles. The van der Waals surface area contributed by atoms with E-state index in [1.165, 1.54) is 5.56 Å². The number of halogens is 2. The molecule has 0 bridgehead atoms. The first-order valence-electron chi connectivity index (χ1n) is 8.77. The third-order valence-electron chi connectivity index (χ3n) is 4.68. The number of nitrogens with one attached hydrogen (secondary N) is 1. The Morgan fingerprint density at radius 1 is 1.00 bits per heavy atom. The second kappa shape index (κ2) is 7.39. The summed E-state index contributed by atoms with van der Waals surface area (Å²) >= 11 is 12.7. The summed E-state index contributed by atoms with van der Waals surface area (Å²) in [6.07, 6.45) is 2.91. The molecule has 2 aromatic carbocycles. The van der Waals surface area contributed by atoms with Gasteiger partial charge in [-0.15, -0.1) is 0 Å². The Hall–Kier alpha value is -1.88. The Labute approximate surface area is 162 Å². The van der Waals surface area contributed by atoms with Crippen LogP contribution in [0, 0.1) is 0 Å². The van der Waals surface area contributed by atoms with Crippen LogP contribution in [-0.2, 0) is 6.42 Å². The Kier molecular flexibility index (Phi) is 4.98. The van der Waals surface area contributed by atoms with Crippen molar-refractivity contribution in [2.45, 2.75) is 19.3 Å². The zero-order valence-electron chi connectivity index (χ0n) is 14.3. The standard InChI is InChI=1S/C20H20Cl2N2O2/c21-15-6-5-14-13(3-1-2-8-23)19(24-20(14)18(15)22)12-4-7-16-17(11-12)26-10-9-25-16/h4-7,11,24H,1-3,8-10,23H2. The minimum Gasteiger partial charge on any atom is -0.486 e. The second-order valence-corrected chi connectivity index (χ2v) is 7.15. The van der Waals surface area contributed by atoms with Gasteiger partial charge in [-0.05, 0) is 55.6 Å². The van der Waals surface area contributed by atoms with E-state index in [2.05, 4.69) is 4.98 Å². The summed E-state index contributed by atoms with van der Waals surface area (Å²) in [5.74, 6) is 1.55. The van der Waals surface area contributed by atoms with Crippen LogP contribution in [0.3, 0.4) is 0 Å². The fourth-order valence-electron chi connectivity index (χ4n) is 3.41. The van der Waals surface area contributed by atoms with Gasteiger partial charge in [0.25, 0.3) is 0 Å². The molecule has 0 aliphatic carbocycles. The van der Waals surface area contributed by atoms with E-state index in [1.54, 1.807) is 0 Å². The Balaban J connectivity index is 1.85. The molecule has 0 unspecified atom stereocenters. The monoisotopic (exact) mass is 390 g/mol. The molecule has 1 aliphatic rings. The number of ether oxygens (including phenoxy) is 2. The molecule has 3 aromatic rings. The van der Waals surface area contributed by atoms with Crippen molar-refractivity contribution in [3.8, 4) is 22.8 Å². The molecular formula is C20H20Cl2N2O2. The molecule has 1 aromatic heterocycles. The number of fused-ring (bicyclic) bond motifs is 2. The summed E-state index contributed by atoms with van der Waals surface area (Å²) in [4.78, 5) is 3.48. The molecule has 0 radical (unpaired) electrons. The van der Waals surface area contributed by atoms with Crippen molar-refractivity contribution in [2.24, 2.45) is 5.73 Å². The molecule has 0 fully saturated rings. The normalized spacial score (nSPS) is 13.3. The minimum absolute atomic E-state index is 0.544. The molecule has 0 atom stereocenters. The van der Waals surface area contributed by atoms with E-state index in [9.17, 15) is 0 Å². The quantitative estimate of drug-likeness (QED) is 0.588. The van der Waals surface area contributed by atoms with Crippen LogP contribution in [0.2, 0.25) is 10.0 Å². The summed E-state index contributed by atoms with van der Waals surface area (Å²) < 4.78 is 11.4. The number of H-pyrrole nitrogens is 1. The smallest absolute Gasteiger partial charge is 0.162 e. The zero-order valence-corrected chi connectivity index (χ0v) is 15.8. The van der Waals surface area contributed by atoms with Crippen molar-refractivity contribution in [1.82, 2.24) is 4.98 Å². The van der Waals surface area contributed by atoms with Crippen LogP contribution in [0.15, 0.2) is 30.3 Å². The van der Waals surface area contributed by atoms with Crippen LogP contribution in [0.25, 0.3) is 22.2 Å². The lowest BCUT2D eigenvalue weighted by Gasteiger charge is -2.19. The molecule has 0 amide bonds. The number of hydrogen-bond donors (Lipinski definition) is 2. The molecule has 3 N–H and O–H groups in total.